The van der Waals surface area contributed by atoms with Crippen molar-refractivity contribution in [2.45, 2.75) is 51.0 Å². The first-order chi connectivity index (χ1) is 15.2. The molecule has 0 amide bonds. The molecular formula is C22H25FN8O. The van der Waals surface area contributed by atoms with E-state index in [9.17, 15) is 4.39 Å². The van der Waals surface area contributed by atoms with Gasteiger partial charge < -0.3 is 16.2 Å². The van der Waals surface area contributed by atoms with Gasteiger partial charge in [-0.25, -0.2) is 14.4 Å². The normalized spacial score (nSPS) is 18.8. The minimum atomic E-state index is -0.529. The number of halogens is 1. The highest BCUT2D eigenvalue weighted by Gasteiger charge is 2.37. The predicted octanol–water partition coefficient (Wildman–Crippen LogP) is 2.96. The van der Waals surface area contributed by atoms with E-state index in [1.165, 1.54) is 23.8 Å². The van der Waals surface area contributed by atoms with Gasteiger partial charge in [-0.2, -0.15) is 4.52 Å². The monoisotopic (exact) mass is 436 g/mol. The quantitative estimate of drug-likeness (QED) is 0.499. The van der Waals surface area contributed by atoms with E-state index in [2.05, 4.69) is 25.0 Å². The van der Waals surface area contributed by atoms with Crippen molar-refractivity contribution >= 4 is 22.5 Å². The van der Waals surface area contributed by atoms with Gasteiger partial charge >= 0.3 is 0 Å². The molecule has 1 saturated carbocycles. The van der Waals surface area contributed by atoms with E-state index >= 15 is 0 Å². The number of rotatable bonds is 4. The Balaban J connectivity index is 1.44. The summed E-state index contributed by atoms with van der Waals surface area (Å²) in [6.07, 6.45) is 3.47. The predicted molar refractivity (Wildman–Crippen MR) is 118 cm³/mol. The van der Waals surface area contributed by atoms with E-state index in [0.717, 1.165) is 29.9 Å². The van der Waals surface area contributed by atoms with Gasteiger partial charge in [-0.15, -0.1) is 5.10 Å². The van der Waals surface area contributed by atoms with E-state index in [0.29, 0.717) is 22.4 Å². The first-order valence-corrected chi connectivity index (χ1v) is 10.5. The molecule has 3 aromatic heterocycles. The zero-order valence-corrected chi connectivity index (χ0v) is 18.4. The highest BCUT2D eigenvalue weighted by Crippen LogP contribution is 2.47. The van der Waals surface area contributed by atoms with Crippen molar-refractivity contribution in [3.8, 4) is 5.75 Å². The highest BCUT2D eigenvalue weighted by atomic mass is 19.1. The second kappa shape index (κ2) is 7.06. The lowest BCUT2D eigenvalue weighted by atomic mass is 9.72. The molecule has 0 saturated heterocycles. The smallest absolute Gasteiger partial charge is 0.223 e. The second-order valence-corrected chi connectivity index (χ2v) is 8.99. The van der Waals surface area contributed by atoms with Crippen LogP contribution in [0, 0.1) is 12.7 Å². The Morgan fingerprint density at radius 3 is 2.56 bits per heavy atom. The number of benzene rings is 1. The summed E-state index contributed by atoms with van der Waals surface area (Å²) in [5, 5.41) is 5.10. The molecule has 1 aliphatic rings. The molecule has 5 rings (SSSR count). The van der Waals surface area contributed by atoms with Crippen LogP contribution in [-0.4, -0.2) is 36.7 Å². The fourth-order valence-corrected chi connectivity index (χ4v) is 4.23. The molecule has 4 N–H and O–H groups in total. The van der Waals surface area contributed by atoms with Gasteiger partial charge in [0.2, 0.25) is 5.95 Å². The molecule has 9 nitrogen and oxygen atoms in total. The Labute approximate surface area is 184 Å². The first kappa shape index (κ1) is 20.5. The van der Waals surface area contributed by atoms with Gasteiger partial charge in [0.05, 0.1) is 41.4 Å². The summed E-state index contributed by atoms with van der Waals surface area (Å²) >= 11 is 0. The zero-order chi connectivity index (χ0) is 22.8. The molecule has 0 atom stereocenters. The van der Waals surface area contributed by atoms with Crippen molar-refractivity contribution < 1.29 is 9.13 Å². The minimum Gasteiger partial charge on any atom is -0.494 e. The van der Waals surface area contributed by atoms with Crippen LogP contribution in [0.3, 0.4) is 0 Å². The molecule has 32 heavy (non-hydrogen) atoms. The topological polar surface area (TPSA) is 130 Å². The summed E-state index contributed by atoms with van der Waals surface area (Å²) < 4.78 is 20.8. The average Bonchev–Trinajstić information content (AvgIpc) is 3.13. The summed E-state index contributed by atoms with van der Waals surface area (Å²) in [5.74, 6) is 0.921. The molecule has 3 heterocycles. The van der Waals surface area contributed by atoms with Crippen LogP contribution in [0.25, 0.3) is 16.6 Å². The van der Waals surface area contributed by atoms with Gasteiger partial charge in [-0.1, -0.05) is 0 Å². The molecule has 0 aliphatic heterocycles. The van der Waals surface area contributed by atoms with Crippen LogP contribution in [-0.2, 0) is 5.54 Å². The van der Waals surface area contributed by atoms with Crippen molar-refractivity contribution in [2.75, 3.05) is 12.8 Å². The molecule has 0 spiro atoms. The number of aryl methyl sites for hydroxylation is 1. The Bertz CT molecular complexity index is 1350. The van der Waals surface area contributed by atoms with Crippen LogP contribution >= 0.6 is 0 Å². The number of hydrogen-bond acceptors (Lipinski definition) is 8. The SMILES string of the molecule is COc1cc2nc(N)n3nc([C@H]4C[C@H](c5ncc(C(C)(C)N)nc5C)C4)nc3c2cc1F. The van der Waals surface area contributed by atoms with E-state index in [4.69, 9.17) is 16.2 Å². The lowest BCUT2D eigenvalue weighted by molar-refractivity contribution is 0.329. The van der Waals surface area contributed by atoms with Crippen LogP contribution in [0.1, 0.15) is 61.4 Å². The summed E-state index contributed by atoms with van der Waals surface area (Å²) in [7, 11) is 1.41. The molecule has 4 aromatic rings. The second-order valence-electron chi connectivity index (χ2n) is 8.99. The van der Waals surface area contributed by atoms with Crippen LogP contribution in [0.2, 0.25) is 0 Å². The lowest BCUT2D eigenvalue weighted by Crippen LogP contribution is -2.31. The van der Waals surface area contributed by atoms with Gasteiger partial charge in [-0.3, -0.25) is 9.97 Å². The Morgan fingerprint density at radius 1 is 1.16 bits per heavy atom. The van der Waals surface area contributed by atoms with Gasteiger partial charge in [0.25, 0.3) is 0 Å². The lowest BCUT2D eigenvalue weighted by Gasteiger charge is -2.33. The number of nitrogen functional groups attached to an aromatic ring is 1. The molecule has 0 bridgehead atoms. The van der Waals surface area contributed by atoms with E-state index < -0.39 is 11.4 Å². The zero-order valence-electron chi connectivity index (χ0n) is 18.4. The number of fused-ring (bicyclic) bond motifs is 3. The summed E-state index contributed by atoms with van der Waals surface area (Å²) in [5.41, 5.74) is 15.4. The summed E-state index contributed by atoms with van der Waals surface area (Å²) in [6, 6.07) is 2.87. The molecule has 1 aromatic carbocycles. The van der Waals surface area contributed by atoms with Crippen LogP contribution in [0.5, 0.6) is 5.75 Å². The third-order valence-electron chi connectivity index (χ3n) is 6.12. The van der Waals surface area contributed by atoms with Crippen molar-refractivity contribution in [3.05, 3.63) is 47.1 Å². The molecule has 1 aliphatic carbocycles. The maximum Gasteiger partial charge on any atom is 0.223 e. The summed E-state index contributed by atoms with van der Waals surface area (Å²) in [6.45, 7) is 5.79. The average molecular weight is 436 g/mol. The van der Waals surface area contributed by atoms with Crippen LogP contribution < -0.4 is 16.2 Å². The van der Waals surface area contributed by atoms with Gasteiger partial charge in [0.15, 0.2) is 23.0 Å². The highest BCUT2D eigenvalue weighted by molar-refractivity contribution is 5.93. The number of aromatic nitrogens is 6. The van der Waals surface area contributed by atoms with Crippen molar-refractivity contribution in [1.29, 1.82) is 0 Å². The number of methoxy groups -OCH3 is 1. The molecule has 1 fully saturated rings. The third-order valence-corrected chi connectivity index (χ3v) is 6.12. The fourth-order valence-electron chi connectivity index (χ4n) is 4.23. The van der Waals surface area contributed by atoms with Crippen LogP contribution in [0.15, 0.2) is 18.3 Å². The van der Waals surface area contributed by atoms with Crippen molar-refractivity contribution in [3.63, 3.8) is 0 Å². The number of ether oxygens (including phenoxy) is 1. The molecule has 0 unspecified atom stereocenters. The van der Waals surface area contributed by atoms with E-state index in [1.54, 1.807) is 6.20 Å². The molecule has 10 heteroatoms. The van der Waals surface area contributed by atoms with Gasteiger partial charge in [0.1, 0.15) is 0 Å². The summed E-state index contributed by atoms with van der Waals surface area (Å²) in [4.78, 5) is 18.3. The maximum absolute atomic E-state index is 14.3. The third kappa shape index (κ3) is 3.22. The Hall–Kier alpha value is -3.40. The van der Waals surface area contributed by atoms with E-state index in [1.807, 2.05) is 20.8 Å². The number of nitrogens with two attached hydrogens (primary N) is 2. The van der Waals surface area contributed by atoms with Gasteiger partial charge in [0, 0.05) is 23.3 Å². The van der Waals surface area contributed by atoms with E-state index in [-0.39, 0.29) is 23.5 Å². The van der Waals surface area contributed by atoms with Gasteiger partial charge in [-0.05, 0) is 39.7 Å². The molecular weight excluding hydrogens is 411 g/mol. The minimum absolute atomic E-state index is 0.107. The van der Waals surface area contributed by atoms with Crippen molar-refractivity contribution in [2.24, 2.45) is 5.73 Å². The number of nitrogens with zero attached hydrogens (tertiary/aromatic N) is 6. The Kier molecular flexibility index (Phi) is 4.52. The fraction of sp³-hybridized carbons (Fsp3) is 0.409. The first-order valence-electron chi connectivity index (χ1n) is 10.5. The Morgan fingerprint density at radius 2 is 1.91 bits per heavy atom. The number of anilines is 1. The van der Waals surface area contributed by atoms with Crippen molar-refractivity contribution in [1.82, 2.24) is 29.5 Å². The number of hydrogen-bond donors (Lipinski definition) is 2. The molecule has 166 valence electrons. The maximum atomic E-state index is 14.3. The largest absolute Gasteiger partial charge is 0.494 e. The van der Waals surface area contributed by atoms with Crippen LogP contribution in [0.4, 0.5) is 10.3 Å². The standard InChI is InChI=1S/C22H25FN8O/c1-10-18(26-9-17(27-10)22(2,3)25)11-5-12(6-11)19-29-20-13-7-14(23)16(32-4)8-15(13)28-21(24)31(20)30-19/h7-9,11-12H,5-6,25H2,1-4H3,(H2,24,28)/t11-,12-. The molecule has 0 radical (unpaired) electrons.